The van der Waals surface area contributed by atoms with Gasteiger partial charge in [-0.1, -0.05) is 12.1 Å². The van der Waals surface area contributed by atoms with Gasteiger partial charge in [-0.2, -0.15) is 4.98 Å². The minimum atomic E-state index is 0.557. The van der Waals surface area contributed by atoms with Crippen LogP contribution < -0.4 is 14.4 Å². The van der Waals surface area contributed by atoms with Gasteiger partial charge >= 0.3 is 0 Å². The third-order valence-corrected chi connectivity index (χ3v) is 4.51. The molecule has 0 atom stereocenters. The fourth-order valence-corrected chi connectivity index (χ4v) is 2.94. The lowest BCUT2D eigenvalue weighted by molar-refractivity contribution is 0.199. The molecule has 134 valence electrons. The van der Waals surface area contributed by atoms with E-state index in [2.05, 4.69) is 51.8 Å². The van der Waals surface area contributed by atoms with Crippen molar-refractivity contribution in [1.82, 2.24) is 14.9 Å². The summed E-state index contributed by atoms with van der Waals surface area (Å²) in [5.74, 6) is 2.43. The maximum absolute atomic E-state index is 5.97. The van der Waals surface area contributed by atoms with Crippen LogP contribution in [-0.2, 0) is 0 Å². The highest BCUT2D eigenvalue weighted by atomic mass is 16.5. The van der Waals surface area contributed by atoms with Crippen molar-refractivity contribution >= 4 is 5.82 Å². The number of aryl methyl sites for hydroxylation is 2. The first kappa shape index (κ1) is 17.5. The minimum absolute atomic E-state index is 0.557. The molecule has 2 heterocycles. The van der Waals surface area contributed by atoms with Gasteiger partial charge in [0.2, 0.25) is 5.88 Å². The van der Waals surface area contributed by atoms with Crippen LogP contribution in [0.5, 0.6) is 11.6 Å². The summed E-state index contributed by atoms with van der Waals surface area (Å²) in [5, 5.41) is 0. The fraction of sp³-hybridized carbons (Fsp3) is 0.474. The third-order valence-electron chi connectivity index (χ3n) is 4.51. The molecule has 0 saturated carbocycles. The maximum Gasteiger partial charge on any atom is 0.233 e. The number of hydrogen-bond donors (Lipinski definition) is 0. The second-order valence-corrected chi connectivity index (χ2v) is 6.37. The standard InChI is InChI=1S/C19H26N4O2/c1-15-4-5-16(2)17(12-15)25-11-10-22-6-8-23(9-7-22)18-13-20-14-19(21-18)24-3/h4-5,12-14H,6-11H2,1-3H3. The van der Waals surface area contributed by atoms with Gasteiger partial charge in [0.05, 0.1) is 19.5 Å². The summed E-state index contributed by atoms with van der Waals surface area (Å²) in [6, 6.07) is 6.33. The molecule has 1 fully saturated rings. The molecular weight excluding hydrogens is 316 g/mol. The number of aromatic nitrogens is 2. The van der Waals surface area contributed by atoms with Crippen molar-refractivity contribution in [1.29, 1.82) is 0 Å². The molecule has 6 heteroatoms. The van der Waals surface area contributed by atoms with Crippen molar-refractivity contribution in [3.05, 3.63) is 41.7 Å². The predicted octanol–water partition coefficient (Wildman–Crippen LogP) is 2.30. The van der Waals surface area contributed by atoms with Crippen LogP contribution >= 0.6 is 0 Å². The van der Waals surface area contributed by atoms with Crippen LogP contribution in [0.15, 0.2) is 30.6 Å². The first-order chi connectivity index (χ1) is 12.2. The van der Waals surface area contributed by atoms with Crippen molar-refractivity contribution < 1.29 is 9.47 Å². The number of benzene rings is 1. The molecule has 0 amide bonds. The molecule has 0 aliphatic carbocycles. The smallest absolute Gasteiger partial charge is 0.233 e. The van der Waals surface area contributed by atoms with Crippen molar-refractivity contribution in [2.45, 2.75) is 13.8 Å². The average Bonchev–Trinajstić information content (AvgIpc) is 2.65. The molecule has 1 aliphatic rings. The predicted molar refractivity (Wildman–Crippen MR) is 98.6 cm³/mol. The number of ether oxygens (including phenoxy) is 2. The van der Waals surface area contributed by atoms with Gasteiger partial charge in [0.15, 0.2) is 5.82 Å². The summed E-state index contributed by atoms with van der Waals surface area (Å²) >= 11 is 0. The molecule has 3 rings (SSSR count). The zero-order valence-electron chi connectivity index (χ0n) is 15.2. The Labute approximate surface area is 149 Å². The Morgan fingerprint density at radius 2 is 1.88 bits per heavy atom. The number of methoxy groups -OCH3 is 1. The Morgan fingerprint density at radius 3 is 2.64 bits per heavy atom. The molecule has 1 aromatic carbocycles. The molecule has 2 aromatic rings. The Hall–Kier alpha value is -2.34. The van der Waals surface area contributed by atoms with Gasteiger partial charge in [0, 0.05) is 32.7 Å². The van der Waals surface area contributed by atoms with Crippen LogP contribution in [0.2, 0.25) is 0 Å². The van der Waals surface area contributed by atoms with Crippen LogP contribution in [0.25, 0.3) is 0 Å². The molecule has 1 saturated heterocycles. The Kier molecular flexibility index (Phi) is 5.71. The third kappa shape index (κ3) is 4.60. The van der Waals surface area contributed by atoms with Gasteiger partial charge in [0.25, 0.3) is 0 Å². The van der Waals surface area contributed by atoms with E-state index in [0.29, 0.717) is 12.5 Å². The zero-order valence-corrected chi connectivity index (χ0v) is 15.2. The number of anilines is 1. The Morgan fingerprint density at radius 1 is 1.08 bits per heavy atom. The molecule has 1 aromatic heterocycles. The van der Waals surface area contributed by atoms with Crippen LogP contribution in [0, 0.1) is 13.8 Å². The highest BCUT2D eigenvalue weighted by molar-refractivity contribution is 5.38. The lowest BCUT2D eigenvalue weighted by atomic mass is 10.1. The topological polar surface area (TPSA) is 50.7 Å². The SMILES string of the molecule is COc1cncc(N2CCN(CCOc3cc(C)ccc3C)CC2)n1. The van der Waals surface area contributed by atoms with E-state index in [0.717, 1.165) is 44.3 Å². The number of rotatable bonds is 6. The average molecular weight is 342 g/mol. The maximum atomic E-state index is 5.97. The second-order valence-electron chi connectivity index (χ2n) is 6.37. The number of piperazine rings is 1. The summed E-state index contributed by atoms with van der Waals surface area (Å²) in [6.45, 7) is 9.69. The van der Waals surface area contributed by atoms with E-state index >= 15 is 0 Å². The summed E-state index contributed by atoms with van der Waals surface area (Å²) in [5.41, 5.74) is 2.42. The van der Waals surface area contributed by atoms with E-state index in [1.807, 2.05) is 0 Å². The molecule has 0 radical (unpaired) electrons. The minimum Gasteiger partial charge on any atom is -0.492 e. The number of nitrogens with zero attached hydrogens (tertiary/aromatic N) is 4. The Bertz CT molecular complexity index is 700. The van der Waals surface area contributed by atoms with Crippen LogP contribution in [-0.4, -0.2) is 61.3 Å². The van der Waals surface area contributed by atoms with Crippen LogP contribution in [0.1, 0.15) is 11.1 Å². The first-order valence-electron chi connectivity index (χ1n) is 8.69. The van der Waals surface area contributed by atoms with Gasteiger partial charge in [-0.05, 0) is 31.0 Å². The molecule has 1 aliphatic heterocycles. The quantitative estimate of drug-likeness (QED) is 0.803. The largest absolute Gasteiger partial charge is 0.492 e. The fourth-order valence-electron chi connectivity index (χ4n) is 2.94. The van der Waals surface area contributed by atoms with Crippen molar-refractivity contribution in [2.75, 3.05) is 51.3 Å². The summed E-state index contributed by atoms with van der Waals surface area (Å²) in [4.78, 5) is 13.3. The molecule has 25 heavy (non-hydrogen) atoms. The Balaban J connectivity index is 1.45. The van der Waals surface area contributed by atoms with Gasteiger partial charge in [-0.15, -0.1) is 0 Å². The van der Waals surface area contributed by atoms with Gasteiger partial charge in [-0.3, -0.25) is 9.88 Å². The van der Waals surface area contributed by atoms with Crippen LogP contribution in [0.3, 0.4) is 0 Å². The van der Waals surface area contributed by atoms with Crippen molar-refractivity contribution in [3.8, 4) is 11.6 Å². The van der Waals surface area contributed by atoms with Crippen molar-refractivity contribution in [2.24, 2.45) is 0 Å². The first-order valence-corrected chi connectivity index (χ1v) is 8.69. The lowest BCUT2D eigenvalue weighted by Gasteiger charge is -2.35. The van der Waals surface area contributed by atoms with E-state index in [1.54, 1.807) is 19.5 Å². The van der Waals surface area contributed by atoms with E-state index in [4.69, 9.17) is 9.47 Å². The zero-order chi connectivity index (χ0) is 17.6. The van der Waals surface area contributed by atoms with E-state index in [9.17, 15) is 0 Å². The highest BCUT2D eigenvalue weighted by Crippen LogP contribution is 2.19. The van der Waals surface area contributed by atoms with Crippen molar-refractivity contribution in [3.63, 3.8) is 0 Å². The van der Waals surface area contributed by atoms with E-state index in [1.165, 1.54) is 11.1 Å². The van der Waals surface area contributed by atoms with E-state index < -0.39 is 0 Å². The van der Waals surface area contributed by atoms with Gasteiger partial charge < -0.3 is 14.4 Å². The summed E-state index contributed by atoms with van der Waals surface area (Å²) in [7, 11) is 1.61. The molecule has 0 spiro atoms. The van der Waals surface area contributed by atoms with Crippen LogP contribution in [0.4, 0.5) is 5.82 Å². The molecular formula is C19H26N4O2. The summed E-state index contributed by atoms with van der Waals surface area (Å²) in [6.07, 6.45) is 3.42. The summed E-state index contributed by atoms with van der Waals surface area (Å²) < 4.78 is 11.1. The van der Waals surface area contributed by atoms with E-state index in [-0.39, 0.29) is 0 Å². The lowest BCUT2D eigenvalue weighted by Crippen LogP contribution is -2.47. The monoisotopic (exact) mass is 342 g/mol. The second kappa shape index (κ2) is 8.16. The molecule has 6 nitrogen and oxygen atoms in total. The molecule has 0 unspecified atom stereocenters. The number of hydrogen-bond acceptors (Lipinski definition) is 6. The molecule has 0 N–H and O–H groups in total. The molecule has 0 bridgehead atoms. The normalized spacial score (nSPS) is 15.2. The highest BCUT2D eigenvalue weighted by Gasteiger charge is 2.18. The van der Waals surface area contributed by atoms with Gasteiger partial charge in [0.1, 0.15) is 12.4 Å². The van der Waals surface area contributed by atoms with Gasteiger partial charge in [-0.25, -0.2) is 0 Å².